The van der Waals surface area contributed by atoms with Crippen molar-refractivity contribution in [3.63, 3.8) is 0 Å². The average molecular weight is 501 g/mol. The predicted molar refractivity (Wildman–Crippen MR) is 130 cm³/mol. The zero-order valence-corrected chi connectivity index (χ0v) is 20.1. The fourth-order valence-electron chi connectivity index (χ4n) is 4.11. The molecule has 0 atom stereocenters. The van der Waals surface area contributed by atoms with E-state index in [2.05, 4.69) is 6.92 Å². The molecule has 3 amide bonds. The second kappa shape index (κ2) is 10.9. The highest BCUT2D eigenvalue weighted by Gasteiger charge is 2.43. The first-order chi connectivity index (χ1) is 16.9. The summed E-state index contributed by atoms with van der Waals surface area (Å²) in [4.78, 5) is 40.6. The summed E-state index contributed by atoms with van der Waals surface area (Å²) in [7, 11) is 0. The molecule has 0 radical (unpaired) electrons. The molecule has 2 aromatic rings. The Morgan fingerprint density at radius 3 is 2.71 bits per heavy atom. The van der Waals surface area contributed by atoms with E-state index in [0.29, 0.717) is 30.8 Å². The van der Waals surface area contributed by atoms with Crippen LogP contribution in [-0.4, -0.2) is 42.6 Å². The van der Waals surface area contributed by atoms with E-state index in [0.717, 1.165) is 36.6 Å². The third kappa shape index (κ3) is 5.17. The molecule has 2 aromatic carbocycles. The summed E-state index contributed by atoms with van der Waals surface area (Å²) in [6.45, 7) is 2.42. The number of urea groups is 1. The third-order valence-corrected chi connectivity index (χ3v) is 6.17. The number of carbonyl (C=O) groups excluding carboxylic acids is 3. The van der Waals surface area contributed by atoms with Crippen LogP contribution in [0.5, 0.6) is 5.75 Å². The Morgan fingerprint density at radius 1 is 1.14 bits per heavy atom. The quantitative estimate of drug-likeness (QED) is 0.250. The molecule has 0 N–H and O–H groups in total. The van der Waals surface area contributed by atoms with Crippen LogP contribution in [0.2, 0.25) is 5.02 Å². The topological polar surface area (TPSA) is 76.2 Å². The number of nitrogens with zero attached hydrogens (tertiary/aromatic N) is 2. The molecule has 2 heterocycles. The fraction of sp³-hybridized carbons (Fsp3) is 0.346. The van der Waals surface area contributed by atoms with Gasteiger partial charge >= 0.3 is 12.0 Å². The maximum Gasteiger partial charge on any atom is 0.344 e. The summed E-state index contributed by atoms with van der Waals surface area (Å²) in [6.07, 6.45) is 5.97. The first-order valence-corrected chi connectivity index (χ1v) is 12.0. The molecule has 184 valence electrons. The van der Waals surface area contributed by atoms with E-state index in [1.165, 1.54) is 11.0 Å². The standard InChI is InChI=1S/C26H26ClFN2O5/c1-2-3-8-13-34-24(31)16-35-23-14-18(20(28)15-19(23)27)17-9-4-5-10-21(17)30-25(32)22-11-6-7-12-29(22)26(30)33/h4-5,9-11,14-15H,2-3,6-8,12-13,16H2,1H3. The van der Waals surface area contributed by atoms with Gasteiger partial charge in [0.25, 0.3) is 5.91 Å². The number of halogens is 2. The molecular formula is C26H26ClFN2O5. The van der Waals surface area contributed by atoms with Gasteiger partial charge in [-0.25, -0.2) is 18.9 Å². The van der Waals surface area contributed by atoms with E-state index in [-0.39, 0.29) is 28.6 Å². The largest absolute Gasteiger partial charge is 0.480 e. The van der Waals surface area contributed by atoms with Gasteiger partial charge in [0, 0.05) is 17.7 Å². The zero-order chi connectivity index (χ0) is 24.9. The lowest BCUT2D eigenvalue weighted by Crippen LogP contribution is -2.34. The van der Waals surface area contributed by atoms with E-state index >= 15 is 4.39 Å². The number of fused-ring (bicyclic) bond motifs is 1. The van der Waals surface area contributed by atoms with Gasteiger partial charge in [-0.05, 0) is 37.5 Å². The van der Waals surface area contributed by atoms with Gasteiger partial charge in [0.2, 0.25) is 0 Å². The SMILES string of the molecule is CCCCCOC(=O)COc1cc(-c2ccccc2N2C(=O)C3=CCCCN3C2=O)c(F)cc1Cl. The molecule has 7 nitrogen and oxygen atoms in total. The molecule has 1 fully saturated rings. The summed E-state index contributed by atoms with van der Waals surface area (Å²) in [5.41, 5.74) is 0.987. The number of amides is 3. The first-order valence-electron chi connectivity index (χ1n) is 11.6. The summed E-state index contributed by atoms with van der Waals surface area (Å²) < 4.78 is 25.7. The van der Waals surface area contributed by atoms with E-state index in [9.17, 15) is 14.4 Å². The van der Waals surface area contributed by atoms with E-state index < -0.39 is 23.7 Å². The third-order valence-electron chi connectivity index (χ3n) is 5.87. The van der Waals surface area contributed by atoms with Crippen LogP contribution in [-0.2, 0) is 14.3 Å². The van der Waals surface area contributed by atoms with Crippen LogP contribution in [0.4, 0.5) is 14.9 Å². The highest BCUT2D eigenvalue weighted by atomic mass is 35.5. The maximum atomic E-state index is 15.1. The second-order valence-electron chi connectivity index (χ2n) is 8.30. The van der Waals surface area contributed by atoms with Gasteiger partial charge in [-0.2, -0.15) is 0 Å². The van der Waals surface area contributed by atoms with Crippen molar-refractivity contribution in [3.05, 3.63) is 59.0 Å². The molecule has 2 aliphatic heterocycles. The molecular weight excluding hydrogens is 475 g/mol. The van der Waals surface area contributed by atoms with Crippen LogP contribution in [0.25, 0.3) is 11.1 Å². The van der Waals surface area contributed by atoms with Crippen molar-refractivity contribution in [2.75, 3.05) is 24.7 Å². The fourth-order valence-corrected chi connectivity index (χ4v) is 4.32. The molecule has 0 bridgehead atoms. The Labute approximate surface area is 208 Å². The van der Waals surface area contributed by atoms with Gasteiger partial charge in [-0.15, -0.1) is 0 Å². The Kier molecular flexibility index (Phi) is 7.70. The zero-order valence-electron chi connectivity index (χ0n) is 19.4. The molecule has 9 heteroatoms. The highest BCUT2D eigenvalue weighted by Crippen LogP contribution is 2.40. The number of esters is 1. The Morgan fingerprint density at radius 2 is 1.94 bits per heavy atom. The van der Waals surface area contributed by atoms with Crippen LogP contribution < -0.4 is 9.64 Å². The van der Waals surface area contributed by atoms with Crippen molar-refractivity contribution in [1.29, 1.82) is 0 Å². The second-order valence-corrected chi connectivity index (χ2v) is 8.71. The van der Waals surface area contributed by atoms with E-state index in [4.69, 9.17) is 21.1 Å². The number of allylic oxidation sites excluding steroid dienone is 1. The van der Waals surface area contributed by atoms with Crippen LogP contribution in [0.1, 0.15) is 39.0 Å². The Hall–Kier alpha value is -3.39. The number of anilines is 1. The van der Waals surface area contributed by atoms with Crippen molar-refractivity contribution in [2.24, 2.45) is 0 Å². The van der Waals surface area contributed by atoms with Gasteiger partial charge in [-0.3, -0.25) is 9.69 Å². The minimum Gasteiger partial charge on any atom is -0.480 e. The minimum atomic E-state index is -0.659. The number of unbranched alkanes of at least 4 members (excludes halogenated alkanes) is 2. The molecule has 0 saturated carbocycles. The van der Waals surface area contributed by atoms with Crippen LogP contribution in [0, 0.1) is 5.82 Å². The Bertz CT molecular complexity index is 1180. The van der Waals surface area contributed by atoms with Crippen molar-refractivity contribution in [1.82, 2.24) is 4.90 Å². The average Bonchev–Trinajstić information content (AvgIpc) is 3.11. The molecule has 35 heavy (non-hydrogen) atoms. The van der Waals surface area contributed by atoms with Crippen molar-refractivity contribution >= 4 is 35.2 Å². The van der Waals surface area contributed by atoms with Crippen LogP contribution in [0.3, 0.4) is 0 Å². The summed E-state index contributed by atoms with van der Waals surface area (Å²) in [5.74, 6) is -1.57. The van der Waals surface area contributed by atoms with Gasteiger partial charge in [0.15, 0.2) is 6.61 Å². The number of imide groups is 1. The van der Waals surface area contributed by atoms with Crippen LogP contribution in [0.15, 0.2) is 48.2 Å². The molecule has 0 spiro atoms. The van der Waals surface area contributed by atoms with Crippen molar-refractivity contribution in [2.45, 2.75) is 39.0 Å². The van der Waals surface area contributed by atoms with Gasteiger partial charge in [0.1, 0.15) is 17.3 Å². The maximum absolute atomic E-state index is 15.1. The lowest BCUT2D eigenvalue weighted by atomic mass is 10.0. The number of benzene rings is 2. The monoisotopic (exact) mass is 500 g/mol. The normalized spacial score (nSPS) is 15.2. The first kappa shape index (κ1) is 24.7. The predicted octanol–water partition coefficient (Wildman–Crippen LogP) is 5.70. The minimum absolute atomic E-state index is 0.0156. The van der Waals surface area contributed by atoms with Gasteiger partial charge in [-0.1, -0.05) is 55.6 Å². The summed E-state index contributed by atoms with van der Waals surface area (Å²) >= 11 is 6.16. The summed E-state index contributed by atoms with van der Waals surface area (Å²) in [5, 5.41) is -0.0156. The molecule has 4 rings (SSSR count). The number of hydrogen-bond donors (Lipinski definition) is 0. The highest BCUT2D eigenvalue weighted by molar-refractivity contribution is 6.32. The van der Waals surface area contributed by atoms with Gasteiger partial charge in [0.05, 0.1) is 17.3 Å². The van der Waals surface area contributed by atoms with Crippen LogP contribution >= 0.6 is 11.6 Å². The summed E-state index contributed by atoms with van der Waals surface area (Å²) in [6, 6.07) is 8.52. The molecule has 1 saturated heterocycles. The Balaban J connectivity index is 1.60. The molecule has 2 aliphatic rings. The van der Waals surface area contributed by atoms with Crippen molar-refractivity contribution < 1.29 is 28.2 Å². The lowest BCUT2D eigenvalue weighted by molar-refractivity contribution is -0.146. The number of rotatable bonds is 9. The molecule has 0 aromatic heterocycles. The van der Waals surface area contributed by atoms with E-state index in [1.807, 2.05) is 0 Å². The molecule has 0 unspecified atom stereocenters. The number of ether oxygens (including phenoxy) is 2. The smallest absolute Gasteiger partial charge is 0.344 e. The number of hydrogen-bond acceptors (Lipinski definition) is 5. The van der Waals surface area contributed by atoms with Gasteiger partial charge < -0.3 is 9.47 Å². The number of carbonyl (C=O) groups is 3. The van der Waals surface area contributed by atoms with E-state index in [1.54, 1.807) is 30.3 Å². The number of para-hydroxylation sites is 1. The molecule has 0 aliphatic carbocycles. The lowest BCUT2D eigenvalue weighted by Gasteiger charge is -2.21. The van der Waals surface area contributed by atoms with Crippen molar-refractivity contribution in [3.8, 4) is 16.9 Å².